The highest BCUT2D eigenvalue weighted by Gasteiger charge is 2.08. The lowest BCUT2D eigenvalue weighted by molar-refractivity contribution is 0.0696. The van der Waals surface area contributed by atoms with Gasteiger partial charge in [0.05, 0.1) is 16.8 Å². The zero-order valence-corrected chi connectivity index (χ0v) is 11.1. The van der Waals surface area contributed by atoms with E-state index in [1.54, 1.807) is 24.3 Å². The van der Waals surface area contributed by atoms with Crippen molar-refractivity contribution in [2.45, 2.75) is 6.54 Å². The highest BCUT2D eigenvalue weighted by atomic mass is 16.4. The van der Waals surface area contributed by atoms with Gasteiger partial charge in [0.25, 0.3) is 0 Å². The molecule has 0 aromatic heterocycles. The number of nitriles is 1. The third kappa shape index (κ3) is 2.96. The first-order valence-electron chi connectivity index (χ1n) is 6.14. The van der Waals surface area contributed by atoms with E-state index in [9.17, 15) is 4.79 Å². The zero-order chi connectivity index (χ0) is 14.5. The molecule has 0 aliphatic heterocycles. The maximum absolute atomic E-state index is 11.0. The molecular formula is C16H14N2O2. The van der Waals surface area contributed by atoms with Crippen LogP contribution >= 0.6 is 0 Å². The van der Waals surface area contributed by atoms with E-state index in [1.165, 1.54) is 0 Å². The summed E-state index contributed by atoms with van der Waals surface area (Å²) in [5.74, 6) is -0.938. The highest BCUT2D eigenvalue weighted by Crippen LogP contribution is 2.20. The summed E-state index contributed by atoms with van der Waals surface area (Å²) in [6.07, 6.45) is 0. The molecule has 2 rings (SSSR count). The van der Waals surface area contributed by atoms with Crippen LogP contribution in [-0.4, -0.2) is 18.1 Å². The van der Waals surface area contributed by atoms with Crippen molar-refractivity contribution in [2.24, 2.45) is 0 Å². The van der Waals surface area contributed by atoms with Crippen molar-refractivity contribution < 1.29 is 9.90 Å². The minimum absolute atomic E-state index is 0.268. The molecule has 0 amide bonds. The Kier molecular flexibility index (Phi) is 4.02. The van der Waals surface area contributed by atoms with E-state index >= 15 is 0 Å². The van der Waals surface area contributed by atoms with Crippen LogP contribution in [0.3, 0.4) is 0 Å². The number of rotatable bonds is 4. The Morgan fingerprint density at radius 3 is 2.70 bits per heavy atom. The lowest BCUT2D eigenvalue weighted by atomic mass is 10.1. The molecule has 0 spiro atoms. The molecule has 0 unspecified atom stereocenters. The second kappa shape index (κ2) is 5.89. The molecular weight excluding hydrogens is 252 g/mol. The van der Waals surface area contributed by atoms with Crippen LogP contribution in [0.15, 0.2) is 48.5 Å². The summed E-state index contributed by atoms with van der Waals surface area (Å²) in [6, 6.07) is 16.3. The molecule has 4 nitrogen and oxygen atoms in total. The van der Waals surface area contributed by atoms with Crippen LogP contribution in [0.2, 0.25) is 0 Å². The van der Waals surface area contributed by atoms with Crippen LogP contribution in [0.4, 0.5) is 5.69 Å². The molecule has 100 valence electrons. The van der Waals surface area contributed by atoms with Crippen molar-refractivity contribution in [3.05, 3.63) is 65.2 Å². The maximum Gasteiger partial charge on any atom is 0.335 e. The smallest absolute Gasteiger partial charge is 0.335 e. The van der Waals surface area contributed by atoms with Crippen molar-refractivity contribution in [3.63, 3.8) is 0 Å². The number of benzene rings is 2. The van der Waals surface area contributed by atoms with Gasteiger partial charge < -0.3 is 10.0 Å². The van der Waals surface area contributed by atoms with Crippen molar-refractivity contribution in [3.8, 4) is 6.07 Å². The van der Waals surface area contributed by atoms with Gasteiger partial charge >= 0.3 is 5.97 Å². The lowest BCUT2D eigenvalue weighted by Crippen LogP contribution is -2.17. The Morgan fingerprint density at radius 2 is 2.00 bits per heavy atom. The van der Waals surface area contributed by atoms with Crippen molar-refractivity contribution >= 4 is 11.7 Å². The number of carbonyl (C=O) groups is 1. The van der Waals surface area contributed by atoms with Gasteiger partial charge in [-0.05, 0) is 29.8 Å². The quantitative estimate of drug-likeness (QED) is 0.924. The fraction of sp³-hybridized carbons (Fsp3) is 0.125. The Labute approximate surface area is 117 Å². The van der Waals surface area contributed by atoms with Crippen molar-refractivity contribution in [1.82, 2.24) is 0 Å². The van der Waals surface area contributed by atoms with E-state index in [2.05, 4.69) is 6.07 Å². The fourth-order valence-electron chi connectivity index (χ4n) is 2.06. The molecule has 0 saturated heterocycles. The van der Waals surface area contributed by atoms with E-state index in [1.807, 2.05) is 36.2 Å². The molecule has 2 aromatic carbocycles. The number of hydrogen-bond donors (Lipinski definition) is 1. The average molecular weight is 266 g/mol. The number of hydrogen-bond acceptors (Lipinski definition) is 3. The molecule has 0 bridgehead atoms. The first-order chi connectivity index (χ1) is 9.61. The Morgan fingerprint density at radius 1 is 1.25 bits per heavy atom. The summed E-state index contributed by atoms with van der Waals surface area (Å²) in [5.41, 5.74) is 2.59. The van der Waals surface area contributed by atoms with E-state index in [-0.39, 0.29) is 5.56 Å². The van der Waals surface area contributed by atoms with Gasteiger partial charge in [-0.3, -0.25) is 0 Å². The Bertz CT molecular complexity index is 674. The second-order valence-corrected chi connectivity index (χ2v) is 4.49. The summed E-state index contributed by atoms with van der Waals surface area (Å²) in [6.45, 7) is 0.541. The topological polar surface area (TPSA) is 64.3 Å². The number of nitrogens with zero attached hydrogens (tertiary/aromatic N) is 2. The SMILES string of the molecule is CN(Cc1cccc(C(=O)O)c1)c1ccccc1C#N. The van der Waals surface area contributed by atoms with Crippen LogP contribution in [-0.2, 0) is 6.54 Å². The first kappa shape index (κ1) is 13.6. The van der Waals surface area contributed by atoms with E-state index in [0.29, 0.717) is 12.1 Å². The molecule has 0 atom stereocenters. The monoisotopic (exact) mass is 266 g/mol. The van der Waals surface area contributed by atoms with Gasteiger partial charge in [0.2, 0.25) is 0 Å². The largest absolute Gasteiger partial charge is 0.478 e. The molecule has 0 aliphatic rings. The van der Waals surface area contributed by atoms with Gasteiger partial charge in [-0.1, -0.05) is 24.3 Å². The predicted octanol–water partition coefficient (Wildman–Crippen LogP) is 2.89. The van der Waals surface area contributed by atoms with E-state index < -0.39 is 5.97 Å². The molecule has 0 saturated carbocycles. The van der Waals surface area contributed by atoms with Crippen molar-refractivity contribution in [2.75, 3.05) is 11.9 Å². The van der Waals surface area contributed by atoms with Crippen LogP contribution in [0.25, 0.3) is 0 Å². The molecule has 1 N–H and O–H groups in total. The Balaban J connectivity index is 2.24. The minimum atomic E-state index is -0.938. The molecule has 0 radical (unpaired) electrons. The van der Waals surface area contributed by atoms with Gasteiger partial charge in [-0.2, -0.15) is 5.26 Å². The summed E-state index contributed by atoms with van der Waals surface area (Å²) in [7, 11) is 1.88. The summed E-state index contributed by atoms with van der Waals surface area (Å²) in [4.78, 5) is 12.9. The van der Waals surface area contributed by atoms with Crippen molar-refractivity contribution in [1.29, 1.82) is 5.26 Å². The third-order valence-corrected chi connectivity index (χ3v) is 3.03. The number of aromatic carboxylic acids is 1. The van der Waals surface area contributed by atoms with Gasteiger partial charge in [-0.25, -0.2) is 4.79 Å². The summed E-state index contributed by atoms with van der Waals surface area (Å²) < 4.78 is 0. The zero-order valence-electron chi connectivity index (χ0n) is 11.1. The molecule has 20 heavy (non-hydrogen) atoms. The van der Waals surface area contributed by atoms with E-state index in [0.717, 1.165) is 11.3 Å². The number of para-hydroxylation sites is 1. The standard InChI is InChI=1S/C16H14N2O2/c1-18(15-8-3-2-6-14(15)10-17)11-12-5-4-7-13(9-12)16(19)20/h2-9H,11H2,1H3,(H,19,20). The first-order valence-corrected chi connectivity index (χ1v) is 6.14. The minimum Gasteiger partial charge on any atom is -0.478 e. The predicted molar refractivity (Wildman–Crippen MR) is 76.7 cm³/mol. The van der Waals surface area contributed by atoms with Crippen LogP contribution < -0.4 is 4.90 Å². The number of carboxylic acid groups (broad SMARTS) is 1. The summed E-state index contributed by atoms with van der Waals surface area (Å²) >= 11 is 0. The lowest BCUT2D eigenvalue weighted by Gasteiger charge is -2.20. The summed E-state index contributed by atoms with van der Waals surface area (Å²) in [5, 5.41) is 18.1. The third-order valence-electron chi connectivity index (χ3n) is 3.03. The Hall–Kier alpha value is -2.80. The van der Waals surface area contributed by atoms with E-state index in [4.69, 9.17) is 10.4 Å². The molecule has 0 fully saturated rings. The van der Waals surface area contributed by atoms with Crippen LogP contribution in [0.1, 0.15) is 21.5 Å². The van der Waals surface area contributed by atoms with Gasteiger partial charge in [-0.15, -0.1) is 0 Å². The average Bonchev–Trinajstić information content (AvgIpc) is 2.47. The van der Waals surface area contributed by atoms with Gasteiger partial charge in [0, 0.05) is 13.6 Å². The number of carboxylic acids is 1. The normalized spacial score (nSPS) is 9.80. The number of anilines is 1. The second-order valence-electron chi connectivity index (χ2n) is 4.49. The molecule has 4 heteroatoms. The van der Waals surface area contributed by atoms with Crippen LogP contribution in [0, 0.1) is 11.3 Å². The van der Waals surface area contributed by atoms with Gasteiger partial charge in [0.1, 0.15) is 6.07 Å². The molecule has 0 aliphatic carbocycles. The van der Waals surface area contributed by atoms with Gasteiger partial charge in [0.15, 0.2) is 0 Å². The molecule has 0 heterocycles. The maximum atomic E-state index is 11.0. The fourth-order valence-corrected chi connectivity index (χ4v) is 2.06. The van der Waals surface area contributed by atoms with Crippen LogP contribution in [0.5, 0.6) is 0 Å². The molecule has 2 aromatic rings. The highest BCUT2D eigenvalue weighted by molar-refractivity contribution is 5.87.